The minimum atomic E-state index is 0.887. The third-order valence-electron chi connectivity index (χ3n) is 1.93. The van der Waals surface area contributed by atoms with Gasteiger partial charge in [-0.2, -0.15) is 0 Å². The molecular formula is C14H17. The van der Waals surface area contributed by atoms with Crippen molar-refractivity contribution in [2.24, 2.45) is 0 Å². The first-order valence-corrected chi connectivity index (χ1v) is 5.20. The Morgan fingerprint density at radius 1 is 0.714 bits per heavy atom. The fraction of sp³-hybridized carbons (Fsp3) is 0.286. The van der Waals surface area contributed by atoms with Crippen LogP contribution in [0.5, 0.6) is 0 Å². The minimum absolute atomic E-state index is 0.887. The van der Waals surface area contributed by atoms with Crippen LogP contribution in [0.25, 0.3) is 0 Å². The van der Waals surface area contributed by atoms with E-state index in [1.165, 1.54) is 6.42 Å². The number of rotatable bonds is 0. The van der Waals surface area contributed by atoms with Gasteiger partial charge >= 0.3 is 0 Å². The average molecular weight is 185 g/mol. The third kappa shape index (κ3) is 6.24. The van der Waals surface area contributed by atoms with Gasteiger partial charge in [0.1, 0.15) is 0 Å². The zero-order valence-corrected chi connectivity index (χ0v) is 8.52. The summed E-state index contributed by atoms with van der Waals surface area (Å²) in [7, 11) is 0. The van der Waals surface area contributed by atoms with E-state index in [9.17, 15) is 0 Å². The summed E-state index contributed by atoms with van der Waals surface area (Å²) in [6, 6.07) is 0. The predicted molar refractivity (Wildman–Crippen MR) is 62.8 cm³/mol. The van der Waals surface area contributed by atoms with Crippen molar-refractivity contribution < 1.29 is 0 Å². The maximum Gasteiger partial charge on any atom is -0.00915 e. The van der Waals surface area contributed by atoms with Crippen LogP contribution in [-0.4, -0.2) is 0 Å². The first-order chi connectivity index (χ1) is 7.00. The van der Waals surface area contributed by atoms with Crippen LogP contribution >= 0.6 is 0 Å². The summed E-state index contributed by atoms with van der Waals surface area (Å²) in [4.78, 5) is 0. The molecule has 0 fully saturated rings. The van der Waals surface area contributed by atoms with Crippen molar-refractivity contribution in [3.63, 3.8) is 0 Å². The van der Waals surface area contributed by atoms with Crippen LogP contribution in [0, 0.1) is 6.08 Å². The van der Waals surface area contributed by atoms with Crippen molar-refractivity contribution >= 4 is 0 Å². The van der Waals surface area contributed by atoms with Gasteiger partial charge in [0.2, 0.25) is 0 Å². The van der Waals surface area contributed by atoms with E-state index in [0.29, 0.717) is 0 Å². The molecule has 0 atom stereocenters. The van der Waals surface area contributed by atoms with Gasteiger partial charge in [0.15, 0.2) is 0 Å². The Morgan fingerprint density at radius 2 is 1.43 bits per heavy atom. The van der Waals surface area contributed by atoms with Crippen LogP contribution in [0.1, 0.15) is 25.7 Å². The second kappa shape index (κ2) is 8.31. The van der Waals surface area contributed by atoms with Crippen molar-refractivity contribution in [2.75, 3.05) is 0 Å². The maximum absolute atomic E-state index is 3.17. The molecule has 0 saturated carbocycles. The minimum Gasteiger partial charge on any atom is -0.0845 e. The summed E-state index contributed by atoms with van der Waals surface area (Å²) >= 11 is 0. The number of hydrogen-bond acceptors (Lipinski definition) is 0. The molecular weight excluding hydrogens is 168 g/mol. The molecule has 0 heterocycles. The van der Waals surface area contributed by atoms with Gasteiger partial charge in [-0.25, -0.2) is 0 Å². The Morgan fingerprint density at radius 3 is 2.29 bits per heavy atom. The molecule has 0 amide bonds. The first-order valence-electron chi connectivity index (χ1n) is 5.20. The van der Waals surface area contributed by atoms with Crippen molar-refractivity contribution in [2.45, 2.75) is 25.7 Å². The maximum atomic E-state index is 3.17. The second-order valence-electron chi connectivity index (χ2n) is 3.18. The van der Waals surface area contributed by atoms with Gasteiger partial charge in [0, 0.05) is 0 Å². The molecule has 1 rings (SSSR count). The molecule has 0 aromatic heterocycles. The molecule has 0 bridgehead atoms. The van der Waals surface area contributed by atoms with Crippen LogP contribution in [0.2, 0.25) is 0 Å². The highest BCUT2D eigenvalue weighted by Crippen LogP contribution is 1.99. The van der Waals surface area contributed by atoms with Gasteiger partial charge in [-0.15, -0.1) is 0 Å². The Balaban J connectivity index is 2.45. The SMILES string of the molecule is [C]1=CC=CC=CCCCC=CC=CC1. The largest absolute Gasteiger partial charge is 0.0845 e. The molecule has 0 spiro atoms. The molecule has 0 heteroatoms. The predicted octanol–water partition coefficient (Wildman–Crippen LogP) is 4.14. The molecule has 0 N–H and O–H groups in total. The molecule has 1 radical (unpaired) electrons. The van der Waals surface area contributed by atoms with Crippen molar-refractivity contribution in [1.82, 2.24) is 0 Å². The van der Waals surface area contributed by atoms with Crippen molar-refractivity contribution in [3.8, 4) is 0 Å². The normalized spacial score (nSPS) is 18.3. The lowest BCUT2D eigenvalue weighted by atomic mass is 10.2. The lowest BCUT2D eigenvalue weighted by molar-refractivity contribution is 0.868. The quantitative estimate of drug-likeness (QED) is 0.532. The van der Waals surface area contributed by atoms with Crippen LogP contribution in [0.3, 0.4) is 0 Å². The molecule has 0 aromatic carbocycles. The van der Waals surface area contributed by atoms with Crippen LogP contribution in [-0.2, 0) is 0 Å². The standard InChI is InChI=1S/C14H17/c1-2-4-6-8-10-12-14-13-11-9-7-5-3-1/h1-5,11-14H,6,8-10H2. The highest BCUT2D eigenvalue weighted by atomic mass is 13.9. The summed E-state index contributed by atoms with van der Waals surface area (Å²) in [5, 5.41) is 0. The van der Waals surface area contributed by atoms with Gasteiger partial charge in [0.05, 0.1) is 0 Å². The van der Waals surface area contributed by atoms with Gasteiger partial charge in [-0.05, 0) is 31.8 Å². The molecule has 1 aliphatic rings. The van der Waals surface area contributed by atoms with E-state index in [1.807, 2.05) is 12.2 Å². The fourth-order valence-electron chi connectivity index (χ4n) is 1.17. The number of hydrogen-bond donors (Lipinski definition) is 0. The van der Waals surface area contributed by atoms with Crippen LogP contribution in [0.4, 0.5) is 0 Å². The van der Waals surface area contributed by atoms with Crippen LogP contribution in [0.15, 0.2) is 54.7 Å². The van der Waals surface area contributed by atoms with E-state index in [2.05, 4.69) is 48.6 Å². The van der Waals surface area contributed by atoms with Crippen molar-refractivity contribution in [3.05, 3.63) is 60.8 Å². The first kappa shape index (κ1) is 10.8. The van der Waals surface area contributed by atoms with Gasteiger partial charge in [0.25, 0.3) is 0 Å². The average Bonchev–Trinajstić information content (AvgIpc) is 2.22. The summed E-state index contributed by atoms with van der Waals surface area (Å²) in [5.41, 5.74) is 0. The van der Waals surface area contributed by atoms with E-state index in [-0.39, 0.29) is 0 Å². The van der Waals surface area contributed by atoms with E-state index >= 15 is 0 Å². The monoisotopic (exact) mass is 185 g/mol. The van der Waals surface area contributed by atoms with Gasteiger partial charge in [-0.3, -0.25) is 0 Å². The summed E-state index contributed by atoms with van der Waals surface area (Å²) in [5.74, 6) is 0. The molecule has 14 heavy (non-hydrogen) atoms. The summed E-state index contributed by atoms with van der Waals surface area (Å²) < 4.78 is 0. The molecule has 73 valence electrons. The Labute approximate surface area is 87.0 Å². The van der Waals surface area contributed by atoms with Gasteiger partial charge in [-0.1, -0.05) is 54.7 Å². The highest BCUT2D eigenvalue weighted by Gasteiger charge is 1.79. The van der Waals surface area contributed by atoms with E-state index in [1.54, 1.807) is 0 Å². The van der Waals surface area contributed by atoms with Gasteiger partial charge < -0.3 is 0 Å². The Bertz CT molecular complexity index is 262. The summed E-state index contributed by atoms with van der Waals surface area (Å²) in [6.45, 7) is 0. The fourth-order valence-corrected chi connectivity index (χ4v) is 1.17. The lowest BCUT2D eigenvalue weighted by Crippen LogP contribution is -1.68. The molecule has 0 saturated heterocycles. The topological polar surface area (TPSA) is 0 Å². The van der Waals surface area contributed by atoms with Crippen molar-refractivity contribution in [1.29, 1.82) is 0 Å². The molecule has 0 unspecified atom stereocenters. The zero-order valence-electron chi connectivity index (χ0n) is 8.52. The molecule has 1 aliphatic carbocycles. The number of allylic oxidation sites excluding steroid dienone is 10. The van der Waals surface area contributed by atoms with E-state index in [4.69, 9.17) is 0 Å². The second-order valence-corrected chi connectivity index (χ2v) is 3.18. The summed E-state index contributed by atoms with van der Waals surface area (Å²) in [6.07, 6.45) is 26.5. The Hall–Kier alpha value is -1.30. The van der Waals surface area contributed by atoms with E-state index in [0.717, 1.165) is 19.3 Å². The highest BCUT2D eigenvalue weighted by molar-refractivity contribution is 5.11. The Kier molecular flexibility index (Phi) is 6.39. The van der Waals surface area contributed by atoms with Crippen LogP contribution < -0.4 is 0 Å². The zero-order chi connectivity index (χ0) is 9.90. The van der Waals surface area contributed by atoms with E-state index < -0.39 is 0 Å². The third-order valence-corrected chi connectivity index (χ3v) is 1.93. The molecule has 0 aromatic rings. The molecule has 0 aliphatic heterocycles. The smallest absolute Gasteiger partial charge is 0.00915 e. The lowest BCUT2D eigenvalue weighted by Gasteiger charge is -1.88. The molecule has 0 nitrogen and oxygen atoms in total.